The highest BCUT2D eigenvalue weighted by Gasteiger charge is 2.61. The first-order valence-corrected chi connectivity index (χ1v) is 7.39. The van der Waals surface area contributed by atoms with E-state index < -0.39 is 0 Å². The van der Waals surface area contributed by atoms with Crippen molar-refractivity contribution < 1.29 is 5.11 Å². The number of hydrogen-bond donors (Lipinski definition) is 1. The van der Waals surface area contributed by atoms with E-state index in [4.69, 9.17) is 0 Å². The molecule has 0 heterocycles. The second kappa shape index (κ2) is 3.73. The van der Waals surface area contributed by atoms with Gasteiger partial charge in [-0.3, -0.25) is 0 Å². The van der Waals surface area contributed by atoms with Gasteiger partial charge in [-0.15, -0.1) is 0 Å². The van der Waals surface area contributed by atoms with Crippen LogP contribution in [0.15, 0.2) is 0 Å². The molecule has 6 atom stereocenters. The number of hydrogen-bond acceptors (Lipinski definition) is 1. The van der Waals surface area contributed by atoms with Crippen molar-refractivity contribution in [3.05, 3.63) is 0 Å². The summed E-state index contributed by atoms with van der Waals surface area (Å²) in [5, 5.41) is 11.0. The molecule has 6 unspecified atom stereocenters. The lowest BCUT2D eigenvalue weighted by Crippen LogP contribution is -2.46. The molecule has 3 saturated carbocycles. The first-order valence-electron chi connectivity index (χ1n) is 7.39. The monoisotopic (exact) mass is 222 g/mol. The maximum absolute atomic E-state index is 11.0. The average molecular weight is 222 g/mol. The van der Waals surface area contributed by atoms with Crippen LogP contribution in [0.3, 0.4) is 0 Å². The van der Waals surface area contributed by atoms with Crippen LogP contribution >= 0.6 is 0 Å². The van der Waals surface area contributed by atoms with Gasteiger partial charge < -0.3 is 5.11 Å². The van der Waals surface area contributed by atoms with Gasteiger partial charge in [0.1, 0.15) is 0 Å². The van der Waals surface area contributed by atoms with Gasteiger partial charge in [-0.05, 0) is 61.7 Å². The van der Waals surface area contributed by atoms with Gasteiger partial charge >= 0.3 is 0 Å². The minimum atomic E-state index is -0.286. The van der Waals surface area contributed by atoms with Gasteiger partial charge in [-0.1, -0.05) is 26.7 Å². The van der Waals surface area contributed by atoms with Gasteiger partial charge in [0.2, 0.25) is 0 Å². The van der Waals surface area contributed by atoms with Crippen LogP contribution in [0.1, 0.15) is 58.8 Å². The first-order chi connectivity index (χ1) is 7.66. The highest BCUT2D eigenvalue weighted by Crippen LogP contribution is 2.64. The Hall–Kier alpha value is -0.0400. The number of aliphatic hydroxyl groups is 1. The summed E-state index contributed by atoms with van der Waals surface area (Å²) in [7, 11) is 0. The van der Waals surface area contributed by atoms with Crippen LogP contribution in [-0.4, -0.2) is 10.7 Å². The van der Waals surface area contributed by atoms with Crippen molar-refractivity contribution in [1.29, 1.82) is 0 Å². The summed E-state index contributed by atoms with van der Waals surface area (Å²) >= 11 is 0. The number of rotatable bonds is 3. The second-order valence-electron chi connectivity index (χ2n) is 6.75. The van der Waals surface area contributed by atoms with Crippen molar-refractivity contribution in [3.63, 3.8) is 0 Å². The van der Waals surface area contributed by atoms with Crippen molar-refractivity contribution in [1.82, 2.24) is 0 Å². The lowest BCUT2D eigenvalue weighted by Gasteiger charge is -2.43. The molecule has 2 bridgehead atoms. The van der Waals surface area contributed by atoms with E-state index in [-0.39, 0.29) is 5.60 Å². The second-order valence-corrected chi connectivity index (χ2v) is 6.75. The summed E-state index contributed by atoms with van der Waals surface area (Å²) in [5.41, 5.74) is -0.286. The van der Waals surface area contributed by atoms with Crippen molar-refractivity contribution in [2.75, 3.05) is 0 Å². The highest BCUT2D eigenvalue weighted by molar-refractivity contribution is 5.11. The van der Waals surface area contributed by atoms with E-state index in [9.17, 15) is 5.11 Å². The van der Waals surface area contributed by atoms with Crippen LogP contribution in [-0.2, 0) is 0 Å². The predicted octanol–water partition coefficient (Wildman–Crippen LogP) is 3.61. The van der Waals surface area contributed by atoms with E-state index in [0.717, 1.165) is 24.2 Å². The third kappa shape index (κ3) is 1.33. The maximum Gasteiger partial charge on any atom is 0.0706 e. The molecule has 0 spiro atoms. The summed E-state index contributed by atoms with van der Waals surface area (Å²) in [5.74, 6) is 3.95. The lowest BCUT2D eigenvalue weighted by molar-refractivity contribution is -0.0878. The van der Waals surface area contributed by atoms with E-state index in [2.05, 4.69) is 13.8 Å². The average Bonchev–Trinajstić information content (AvgIpc) is 2.87. The van der Waals surface area contributed by atoms with Crippen molar-refractivity contribution in [2.45, 2.75) is 64.4 Å². The van der Waals surface area contributed by atoms with Crippen LogP contribution in [0.4, 0.5) is 0 Å². The summed E-state index contributed by atoms with van der Waals surface area (Å²) in [4.78, 5) is 0. The van der Waals surface area contributed by atoms with E-state index in [0.29, 0.717) is 11.8 Å². The highest BCUT2D eigenvalue weighted by atomic mass is 16.3. The molecule has 3 fully saturated rings. The third-order valence-electron chi connectivity index (χ3n) is 6.11. The summed E-state index contributed by atoms with van der Waals surface area (Å²) in [6.45, 7) is 4.53. The van der Waals surface area contributed by atoms with Crippen LogP contribution in [0.5, 0.6) is 0 Å². The summed E-state index contributed by atoms with van der Waals surface area (Å²) in [6, 6.07) is 0. The molecule has 0 aromatic heterocycles. The molecular weight excluding hydrogens is 196 g/mol. The molecule has 16 heavy (non-hydrogen) atoms. The van der Waals surface area contributed by atoms with Crippen LogP contribution in [0.25, 0.3) is 0 Å². The van der Waals surface area contributed by atoms with Gasteiger partial charge in [0.05, 0.1) is 5.60 Å². The minimum Gasteiger partial charge on any atom is -0.389 e. The molecule has 0 saturated heterocycles. The molecule has 92 valence electrons. The Morgan fingerprint density at radius 1 is 1.31 bits per heavy atom. The topological polar surface area (TPSA) is 20.2 Å². The molecule has 1 nitrogen and oxygen atoms in total. The molecule has 0 aliphatic heterocycles. The Labute approximate surface area is 99.6 Å². The van der Waals surface area contributed by atoms with Crippen LogP contribution in [0.2, 0.25) is 0 Å². The van der Waals surface area contributed by atoms with Crippen molar-refractivity contribution >= 4 is 0 Å². The molecule has 1 heteroatoms. The van der Waals surface area contributed by atoms with Crippen molar-refractivity contribution in [3.8, 4) is 0 Å². The van der Waals surface area contributed by atoms with E-state index in [1.165, 1.54) is 38.5 Å². The molecule has 3 rings (SSSR count). The quantitative estimate of drug-likeness (QED) is 0.773. The van der Waals surface area contributed by atoms with Gasteiger partial charge in [0.25, 0.3) is 0 Å². The van der Waals surface area contributed by atoms with Gasteiger partial charge in [0, 0.05) is 0 Å². The summed E-state index contributed by atoms with van der Waals surface area (Å²) < 4.78 is 0. The fraction of sp³-hybridized carbons (Fsp3) is 1.00. The zero-order valence-corrected chi connectivity index (χ0v) is 10.8. The Morgan fingerprint density at radius 2 is 2.06 bits per heavy atom. The molecular formula is C15H26O. The van der Waals surface area contributed by atoms with Crippen LogP contribution in [0, 0.1) is 29.6 Å². The molecule has 0 amide bonds. The Morgan fingerprint density at radius 3 is 2.81 bits per heavy atom. The summed E-state index contributed by atoms with van der Waals surface area (Å²) in [6.07, 6.45) is 9.20. The fourth-order valence-electron chi connectivity index (χ4n) is 5.41. The Balaban J connectivity index is 1.79. The standard InChI is InChI=1S/C15H26O/c1-3-5-10(2)15(16)9-11-8-14(15)13-7-4-6-12(11)13/h10-14,16H,3-9H2,1-2H3. The van der Waals surface area contributed by atoms with E-state index in [1.54, 1.807) is 0 Å². The minimum absolute atomic E-state index is 0.286. The zero-order chi connectivity index (χ0) is 11.3. The maximum atomic E-state index is 11.0. The molecule has 3 aliphatic carbocycles. The van der Waals surface area contributed by atoms with Crippen LogP contribution < -0.4 is 0 Å². The van der Waals surface area contributed by atoms with E-state index in [1.807, 2.05) is 0 Å². The molecule has 1 N–H and O–H groups in total. The number of fused-ring (bicyclic) bond motifs is 5. The van der Waals surface area contributed by atoms with Crippen molar-refractivity contribution in [2.24, 2.45) is 29.6 Å². The third-order valence-corrected chi connectivity index (χ3v) is 6.11. The normalized spacial score (nSPS) is 51.9. The Bertz CT molecular complexity index is 275. The predicted molar refractivity (Wildman–Crippen MR) is 66.1 cm³/mol. The first kappa shape index (κ1) is 11.1. The smallest absolute Gasteiger partial charge is 0.0706 e. The van der Waals surface area contributed by atoms with Gasteiger partial charge in [0.15, 0.2) is 0 Å². The molecule has 0 aromatic carbocycles. The lowest BCUT2D eigenvalue weighted by atomic mass is 9.67. The fourth-order valence-corrected chi connectivity index (χ4v) is 5.41. The molecule has 0 aromatic rings. The largest absolute Gasteiger partial charge is 0.389 e. The zero-order valence-electron chi connectivity index (χ0n) is 10.8. The Kier molecular flexibility index (Phi) is 2.58. The molecule has 0 radical (unpaired) electrons. The van der Waals surface area contributed by atoms with E-state index >= 15 is 0 Å². The SMILES string of the molecule is CCCC(C)C1(O)CC2CC1C1CCCC21. The molecule has 3 aliphatic rings. The van der Waals surface area contributed by atoms with Gasteiger partial charge in [-0.25, -0.2) is 0 Å². The van der Waals surface area contributed by atoms with Gasteiger partial charge in [-0.2, -0.15) is 0 Å².